The molecule has 3 saturated carbocycles. The van der Waals surface area contributed by atoms with Gasteiger partial charge in [-0.3, -0.25) is 14.4 Å². The number of ether oxygens (including phenoxy) is 3. The number of Topliss-reactive ketones (excluding diaryl/α,β-unsaturated/α-hetero) is 2. The van der Waals surface area contributed by atoms with Crippen molar-refractivity contribution < 1.29 is 48.7 Å². The Morgan fingerprint density at radius 1 is 1.08 bits per heavy atom. The third-order valence-corrected chi connectivity index (χ3v) is 10.2. The van der Waals surface area contributed by atoms with Crippen molar-refractivity contribution in [3.63, 3.8) is 0 Å². The summed E-state index contributed by atoms with van der Waals surface area (Å²) in [6, 6.07) is 8.06. The minimum atomic E-state index is -2.07. The first-order chi connectivity index (χ1) is 18.1. The van der Waals surface area contributed by atoms with E-state index in [0.717, 1.165) is 0 Å². The van der Waals surface area contributed by atoms with Crippen LogP contribution in [0.1, 0.15) is 57.8 Å². The summed E-state index contributed by atoms with van der Waals surface area (Å²) in [5, 5.41) is 35.2. The molecule has 1 aromatic rings. The summed E-state index contributed by atoms with van der Waals surface area (Å²) in [7, 11) is 0. The first-order valence-electron chi connectivity index (χ1n) is 13.4. The van der Waals surface area contributed by atoms with Crippen LogP contribution in [-0.2, 0) is 28.6 Å². The Labute approximate surface area is 226 Å². The SMILES string of the molecule is CC(=O)OC12COC1CC(O)C1(C)C(=O)C(=O)C3C(C)C(O)CC(O)(C(OC(=O)c4ccccc4)C21)C3(C)C. The Balaban J connectivity index is 1.80. The molecule has 2 bridgehead atoms. The molecule has 3 N–H and O–H groups in total. The van der Waals surface area contributed by atoms with Crippen LogP contribution in [-0.4, -0.2) is 81.0 Å². The zero-order valence-corrected chi connectivity index (χ0v) is 22.7. The molecule has 10 heteroatoms. The van der Waals surface area contributed by atoms with E-state index in [1.165, 1.54) is 26.0 Å². The van der Waals surface area contributed by atoms with Gasteiger partial charge in [0.25, 0.3) is 0 Å². The molecule has 1 aliphatic heterocycles. The molecule has 1 aromatic carbocycles. The third kappa shape index (κ3) is 3.61. The summed E-state index contributed by atoms with van der Waals surface area (Å²) in [6.45, 7) is 7.28. The first kappa shape index (κ1) is 27.9. The van der Waals surface area contributed by atoms with Crippen molar-refractivity contribution in [2.45, 2.75) is 83.1 Å². The minimum absolute atomic E-state index is 0.108. The van der Waals surface area contributed by atoms with E-state index < -0.39 is 87.7 Å². The summed E-state index contributed by atoms with van der Waals surface area (Å²) in [5.41, 5.74) is -6.75. The van der Waals surface area contributed by atoms with Crippen molar-refractivity contribution in [1.82, 2.24) is 0 Å². The lowest BCUT2D eigenvalue weighted by molar-refractivity contribution is -0.349. The van der Waals surface area contributed by atoms with Crippen LogP contribution in [0, 0.1) is 28.6 Å². The molecule has 212 valence electrons. The number of esters is 2. The highest BCUT2D eigenvalue weighted by molar-refractivity contribution is 6.40. The minimum Gasteiger partial charge on any atom is -0.455 e. The quantitative estimate of drug-likeness (QED) is 0.373. The molecule has 4 aliphatic rings. The lowest BCUT2D eigenvalue weighted by atomic mass is 9.42. The Morgan fingerprint density at radius 2 is 1.72 bits per heavy atom. The third-order valence-electron chi connectivity index (χ3n) is 10.2. The number of aliphatic hydroxyl groups excluding tert-OH is 2. The predicted molar refractivity (Wildman–Crippen MR) is 134 cm³/mol. The molecular weight excluding hydrogens is 508 g/mol. The van der Waals surface area contributed by atoms with Crippen molar-refractivity contribution in [3.8, 4) is 0 Å². The highest BCUT2D eigenvalue weighted by Crippen LogP contribution is 2.64. The fourth-order valence-electron chi connectivity index (χ4n) is 7.95. The van der Waals surface area contributed by atoms with Crippen molar-refractivity contribution in [2.24, 2.45) is 28.6 Å². The fraction of sp³-hybridized carbons (Fsp3) is 0.655. The maximum absolute atomic E-state index is 14.2. The highest BCUT2D eigenvalue weighted by Gasteiger charge is 2.78. The Bertz CT molecular complexity index is 1210. The van der Waals surface area contributed by atoms with Gasteiger partial charge in [0.05, 0.1) is 35.7 Å². The number of carbonyl (C=O) groups excluding carboxylic acids is 4. The molecule has 0 aromatic heterocycles. The van der Waals surface area contributed by atoms with Crippen molar-refractivity contribution >= 4 is 23.5 Å². The lowest BCUT2D eigenvalue weighted by Crippen LogP contribution is -2.82. The van der Waals surface area contributed by atoms with Crippen LogP contribution in [0.5, 0.6) is 0 Å². The summed E-state index contributed by atoms with van der Waals surface area (Å²) >= 11 is 0. The summed E-state index contributed by atoms with van der Waals surface area (Å²) in [4.78, 5) is 54.2. The largest absolute Gasteiger partial charge is 0.455 e. The molecule has 1 heterocycles. The number of ketones is 2. The zero-order chi connectivity index (χ0) is 28.7. The Kier molecular flexibility index (Phi) is 6.38. The van der Waals surface area contributed by atoms with E-state index in [1.54, 1.807) is 39.0 Å². The van der Waals surface area contributed by atoms with Crippen LogP contribution < -0.4 is 0 Å². The van der Waals surface area contributed by atoms with Crippen LogP contribution in [0.15, 0.2) is 30.3 Å². The number of hydrogen-bond acceptors (Lipinski definition) is 10. The summed E-state index contributed by atoms with van der Waals surface area (Å²) < 4.78 is 17.7. The van der Waals surface area contributed by atoms with Gasteiger partial charge in [0.1, 0.15) is 17.8 Å². The molecule has 1 saturated heterocycles. The van der Waals surface area contributed by atoms with E-state index in [4.69, 9.17) is 14.2 Å². The van der Waals surface area contributed by atoms with Gasteiger partial charge < -0.3 is 29.5 Å². The molecule has 10 nitrogen and oxygen atoms in total. The van der Waals surface area contributed by atoms with Crippen molar-refractivity contribution in [1.29, 1.82) is 0 Å². The van der Waals surface area contributed by atoms with Gasteiger partial charge in [0.15, 0.2) is 5.60 Å². The number of hydrogen-bond donors (Lipinski definition) is 3. The number of fused-ring (bicyclic) bond motifs is 5. The molecule has 4 fully saturated rings. The van der Waals surface area contributed by atoms with Crippen LogP contribution in [0.2, 0.25) is 0 Å². The smallest absolute Gasteiger partial charge is 0.338 e. The predicted octanol–water partition coefficient (Wildman–Crippen LogP) is 1.23. The summed E-state index contributed by atoms with van der Waals surface area (Å²) in [5.74, 6) is -6.47. The normalized spacial score (nSPS) is 44.6. The van der Waals surface area contributed by atoms with Gasteiger partial charge in [0.2, 0.25) is 11.6 Å². The summed E-state index contributed by atoms with van der Waals surface area (Å²) in [6.07, 6.45) is -5.48. The van der Waals surface area contributed by atoms with E-state index in [1.807, 2.05) is 0 Å². The number of carbonyl (C=O) groups is 4. The van der Waals surface area contributed by atoms with Crippen LogP contribution >= 0.6 is 0 Å². The van der Waals surface area contributed by atoms with Crippen molar-refractivity contribution in [3.05, 3.63) is 35.9 Å². The number of benzene rings is 1. The maximum Gasteiger partial charge on any atom is 0.338 e. The molecule has 0 amide bonds. The van der Waals surface area contributed by atoms with Gasteiger partial charge in [-0.1, -0.05) is 39.0 Å². The monoisotopic (exact) mass is 544 g/mol. The van der Waals surface area contributed by atoms with E-state index in [0.29, 0.717) is 0 Å². The van der Waals surface area contributed by atoms with Crippen LogP contribution in [0.3, 0.4) is 0 Å². The molecule has 39 heavy (non-hydrogen) atoms. The van der Waals surface area contributed by atoms with E-state index in [-0.39, 0.29) is 25.0 Å². The second-order valence-corrected chi connectivity index (χ2v) is 12.5. The van der Waals surface area contributed by atoms with E-state index >= 15 is 0 Å². The zero-order valence-electron chi connectivity index (χ0n) is 22.7. The van der Waals surface area contributed by atoms with E-state index in [2.05, 4.69) is 0 Å². The molecule has 5 rings (SSSR count). The number of aliphatic hydroxyl groups is 3. The Morgan fingerprint density at radius 3 is 2.28 bits per heavy atom. The molecule has 10 atom stereocenters. The molecule has 0 spiro atoms. The van der Waals surface area contributed by atoms with Crippen LogP contribution in [0.25, 0.3) is 0 Å². The first-order valence-corrected chi connectivity index (χ1v) is 13.4. The van der Waals surface area contributed by atoms with Gasteiger partial charge in [-0.05, 0) is 25.0 Å². The molecule has 0 radical (unpaired) electrons. The van der Waals surface area contributed by atoms with Gasteiger partial charge >= 0.3 is 11.9 Å². The molecular formula is C29H36O10. The van der Waals surface area contributed by atoms with Gasteiger partial charge in [-0.15, -0.1) is 0 Å². The molecule has 10 unspecified atom stereocenters. The van der Waals surface area contributed by atoms with Crippen LogP contribution in [0.4, 0.5) is 0 Å². The second kappa shape index (κ2) is 8.92. The number of rotatable bonds is 3. The van der Waals surface area contributed by atoms with E-state index in [9.17, 15) is 34.5 Å². The maximum atomic E-state index is 14.2. The van der Waals surface area contributed by atoms with Gasteiger partial charge in [-0.2, -0.15) is 0 Å². The lowest BCUT2D eigenvalue weighted by Gasteiger charge is -2.67. The van der Waals surface area contributed by atoms with Gasteiger partial charge in [-0.25, -0.2) is 4.79 Å². The average Bonchev–Trinajstić information content (AvgIpc) is 2.87. The standard InChI is InChI=1S/C29H36O10/c1-14-17(31)12-29(36)24(38-25(35)16-9-7-6-8-10-16)22-27(5,23(34)21(33)20(14)26(29,3)4)18(32)11-19-28(22,13-37-19)39-15(2)30/h6-10,14,17-20,22,24,31-32,36H,11-13H2,1-5H3. The topological polar surface area (TPSA) is 157 Å². The Hall–Kier alpha value is -2.66. The second-order valence-electron chi connectivity index (χ2n) is 12.5. The molecule has 3 aliphatic carbocycles. The van der Waals surface area contributed by atoms with Gasteiger partial charge in [0, 0.05) is 31.1 Å². The fourth-order valence-corrected chi connectivity index (χ4v) is 7.95. The average molecular weight is 545 g/mol. The highest BCUT2D eigenvalue weighted by atomic mass is 16.6. The van der Waals surface area contributed by atoms with Crippen molar-refractivity contribution in [2.75, 3.05) is 6.61 Å².